The van der Waals surface area contributed by atoms with Gasteiger partial charge in [0.05, 0.1) is 11.1 Å². The van der Waals surface area contributed by atoms with Crippen molar-refractivity contribution in [2.24, 2.45) is 10.8 Å². The molecule has 0 fully saturated rings. The van der Waals surface area contributed by atoms with Crippen LogP contribution in [-0.4, -0.2) is 40.2 Å². The molecule has 0 radical (unpaired) electrons. The van der Waals surface area contributed by atoms with Crippen LogP contribution in [0.25, 0.3) is 87.6 Å². The van der Waals surface area contributed by atoms with Crippen molar-refractivity contribution in [3.8, 4) is 67.5 Å². The molecule has 544 valence electrons. The maximum atomic E-state index is 16.5. The van der Waals surface area contributed by atoms with Crippen molar-refractivity contribution in [3.05, 3.63) is 205 Å². The van der Waals surface area contributed by atoms with Crippen molar-refractivity contribution in [1.82, 2.24) is 0 Å². The van der Waals surface area contributed by atoms with E-state index in [1.54, 1.807) is 24.3 Å². The zero-order valence-corrected chi connectivity index (χ0v) is 72.0. The van der Waals surface area contributed by atoms with Gasteiger partial charge in [0.25, 0.3) is 19.6 Å². The molecule has 0 bridgehead atoms. The summed E-state index contributed by atoms with van der Waals surface area (Å²) in [7, 11) is -2.73. The smallest absolute Gasteiger partial charge is 0.267 e. The van der Waals surface area contributed by atoms with Gasteiger partial charge in [-0.05, 0) is 217 Å². The number of rotatable bonds is 16. The molecule has 4 N–H and O–H groups in total. The number of fused-ring (bicyclic) bond motifs is 4. The van der Waals surface area contributed by atoms with E-state index in [0.717, 1.165) is 78.2 Å². The van der Waals surface area contributed by atoms with E-state index in [-0.39, 0.29) is 107 Å². The molecule has 10 aromatic rings. The zero-order valence-electron chi connectivity index (χ0n) is 67.4. The number of aliphatic hydroxyl groups is 2. The van der Waals surface area contributed by atoms with Gasteiger partial charge in [-0.25, -0.2) is 8.78 Å². The summed E-state index contributed by atoms with van der Waals surface area (Å²) in [4.78, 5) is 0. The van der Waals surface area contributed by atoms with E-state index in [1.807, 2.05) is 0 Å². The van der Waals surface area contributed by atoms with E-state index >= 15 is 8.78 Å². The predicted molar refractivity (Wildman–Crippen MR) is 439 cm³/mol. The van der Waals surface area contributed by atoms with Gasteiger partial charge < -0.3 is 34.5 Å². The minimum atomic E-state index is -2.73. The Bertz CT molecular complexity index is 4440. The molecule has 0 saturated carbocycles. The topological polar surface area (TPSA) is 66.1 Å². The van der Waals surface area contributed by atoms with E-state index in [1.165, 1.54) is 34.4 Å². The number of ether oxygens (including phenoxy) is 2. The molecule has 0 unspecified atom stereocenters. The van der Waals surface area contributed by atoms with Gasteiger partial charge in [-0.15, -0.1) is 0 Å². The third-order valence-corrected chi connectivity index (χ3v) is 27.6. The fourth-order valence-corrected chi connectivity index (χ4v) is 19.8. The van der Waals surface area contributed by atoms with E-state index in [2.05, 4.69) is 289 Å². The summed E-state index contributed by atoms with van der Waals surface area (Å²) in [5.41, 5.74) is 11.3. The van der Waals surface area contributed by atoms with Crippen molar-refractivity contribution in [3.63, 3.8) is 0 Å². The van der Waals surface area contributed by atoms with Gasteiger partial charge in [-0.1, -0.05) is 241 Å². The van der Waals surface area contributed by atoms with E-state index in [0.29, 0.717) is 57.3 Å². The average molecular weight is 1560 g/mol. The first kappa shape index (κ1) is 82.7. The quantitative estimate of drug-likeness (QED) is 0.0438. The minimum Gasteiger partial charge on any atom is -0.585 e. The summed E-state index contributed by atoms with van der Waals surface area (Å²) in [6.07, 6.45) is 2.58. The first-order valence-corrected chi connectivity index (χ1v) is 38.9. The Morgan fingerprint density at radius 3 is 0.941 bits per heavy atom. The molecule has 0 atom stereocenters. The molecule has 0 aromatic heterocycles. The van der Waals surface area contributed by atoms with Crippen LogP contribution < -0.4 is 0 Å². The van der Waals surface area contributed by atoms with Crippen LogP contribution in [0.2, 0.25) is 11.1 Å². The molecule has 10 aromatic carbocycles. The summed E-state index contributed by atoms with van der Waals surface area (Å²) in [6.45, 7) is 58.8. The number of phenols is 2. The van der Waals surface area contributed by atoms with Gasteiger partial charge in [0.15, 0.2) is 12.5 Å². The third kappa shape index (κ3) is 17.2. The average Bonchev–Trinajstić information content (AvgIpc) is 0.737. The Hall–Kier alpha value is -6.61. The number of aromatic hydroxyl groups is 4. The molecule has 0 aliphatic carbocycles. The Labute approximate surface area is 633 Å². The summed E-state index contributed by atoms with van der Waals surface area (Å²) >= 11 is 0. The Morgan fingerprint density at radius 2 is 0.637 bits per heavy atom. The third-order valence-electron chi connectivity index (χ3n) is 21.5. The molecule has 10 rings (SSSR count). The predicted octanol–water partition coefficient (Wildman–Crippen LogP) is 27.7. The minimum absolute atomic E-state index is 0. The van der Waals surface area contributed by atoms with Crippen molar-refractivity contribution in [2.45, 2.75) is 236 Å². The molecular formula is C94H122F2HfO4Si. The van der Waals surface area contributed by atoms with Gasteiger partial charge in [0, 0.05) is 71.4 Å². The number of hydrogen-bond acceptors (Lipinski definition) is 2. The normalized spacial score (nSPS) is 13.1. The van der Waals surface area contributed by atoms with Crippen LogP contribution in [0.15, 0.2) is 146 Å². The second-order valence-electron chi connectivity index (χ2n) is 37.8. The van der Waals surface area contributed by atoms with E-state index in [4.69, 9.17) is 9.47 Å². The molecule has 0 amide bonds. The van der Waals surface area contributed by atoms with Crippen LogP contribution in [0, 0.1) is 37.3 Å². The fourth-order valence-electron chi connectivity index (χ4n) is 16.0. The summed E-state index contributed by atoms with van der Waals surface area (Å²) in [5, 5.41) is 35.5. The van der Waals surface area contributed by atoms with Crippen molar-refractivity contribution in [2.75, 3.05) is 12.5 Å². The Balaban J connectivity index is 0.00000486. The molecule has 0 aliphatic heterocycles. The molecule has 8 heteroatoms. The SMILES string of the molecule is CC(C)[Si](C[OH+]c1ccc(F)cc1-c1cc(C(C)(C)CC(C)(C)C)cc(-c2c3ccc(C(C)(C)C)cc3cc3ccc(C(C)(C)C)cc23)c1O)(C[OH+]c1ccc(F)cc1-c1cc(C(C)(C)CC(C)(C)C)cc(-c2c3ccc(C(C)(C)C)cc3cc3ccc(C(C)(C)C)cc23)c1O)C(C)C.[CH3-].[CH3-].[Hf]. The largest absolute Gasteiger partial charge is 0.585 e. The summed E-state index contributed by atoms with van der Waals surface area (Å²) in [6, 6.07) is 49.9. The van der Waals surface area contributed by atoms with Gasteiger partial charge in [0.2, 0.25) is 0 Å². The van der Waals surface area contributed by atoms with Crippen molar-refractivity contribution >= 4 is 51.2 Å². The Kier molecular flexibility index (Phi) is 23.8. The van der Waals surface area contributed by atoms with Crippen LogP contribution in [0.3, 0.4) is 0 Å². The molecule has 0 heterocycles. The van der Waals surface area contributed by atoms with Gasteiger partial charge in [0.1, 0.15) is 23.1 Å². The summed E-state index contributed by atoms with van der Waals surface area (Å²) < 4.78 is 44.3. The van der Waals surface area contributed by atoms with Gasteiger partial charge in [-0.3, -0.25) is 0 Å². The Morgan fingerprint density at radius 1 is 0.333 bits per heavy atom. The molecule has 0 spiro atoms. The second-order valence-corrected chi connectivity index (χ2v) is 43.2. The standard InChI is InChI=1S/C92H114F2O4Si.2CH3.Hf/c1-55(2)99(56(3)4,53-97-79-37-33-67(93)49-73(79)75-45-65(91(23,24)51-85(5,6)7)47-77(83(75)95)81-69-35-31-61(87(11,12)13)41-59(69)39-57-27-29-63(43-71(57)81)89(17,18)19)54-98-80-38-34-68(94)50-74(80)76-46-66(92(25,26)52-86(8,9)10)48-78(84(76)96)82-70-36-32-62(88(14,15)16)42-60(70)40-58-28-30-64(44-72(58)82)90(20,21)22;;;/h27-50,55-56,95-96H,51-54H2,1-26H3;2*1H3;/q;2*-1;/p+2. The van der Waals surface area contributed by atoms with Crippen LogP contribution in [-0.2, 0) is 58.3 Å². The number of benzene rings is 10. The molecule has 4 nitrogen and oxygen atoms in total. The fraction of sp³-hybridized carbons (Fsp3) is 0.426. The first-order valence-electron chi connectivity index (χ1n) is 36.3. The number of hydrogen-bond donors (Lipinski definition) is 2. The molecular weight excluding hydrogens is 1440 g/mol. The molecule has 102 heavy (non-hydrogen) atoms. The second kappa shape index (κ2) is 29.4. The summed E-state index contributed by atoms with van der Waals surface area (Å²) in [5.74, 6) is 0.493. The first-order chi connectivity index (χ1) is 45.6. The van der Waals surface area contributed by atoms with Crippen LogP contribution in [0.4, 0.5) is 8.78 Å². The van der Waals surface area contributed by atoms with Crippen LogP contribution in [0.1, 0.15) is 226 Å². The number of halogens is 2. The maximum Gasteiger partial charge on any atom is 0.267 e. The zero-order chi connectivity index (χ0) is 73.0. The van der Waals surface area contributed by atoms with Crippen molar-refractivity contribution in [1.29, 1.82) is 0 Å². The van der Waals surface area contributed by atoms with Crippen LogP contribution >= 0.6 is 0 Å². The van der Waals surface area contributed by atoms with Gasteiger partial charge in [-0.2, -0.15) is 0 Å². The van der Waals surface area contributed by atoms with Crippen LogP contribution in [0.5, 0.6) is 23.0 Å². The monoisotopic (exact) mass is 1560 g/mol. The number of phenolic OH excluding ortho intramolecular Hbond substituents is 2. The maximum absolute atomic E-state index is 16.5. The molecule has 0 saturated heterocycles. The van der Waals surface area contributed by atoms with E-state index < -0.39 is 19.7 Å². The molecule has 0 aliphatic rings. The van der Waals surface area contributed by atoms with Crippen molar-refractivity contribution < 1.29 is 54.3 Å². The van der Waals surface area contributed by atoms with E-state index in [9.17, 15) is 10.2 Å². The van der Waals surface area contributed by atoms with Gasteiger partial charge >= 0.3 is 0 Å².